The molecule has 1 aromatic carbocycles. The molecule has 0 spiro atoms. The summed E-state index contributed by atoms with van der Waals surface area (Å²) in [5.41, 5.74) is 2.75. The molecule has 0 fully saturated rings. The van der Waals surface area contributed by atoms with E-state index in [4.69, 9.17) is 16.3 Å². The van der Waals surface area contributed by atoms with E-state index in [2.05, 4.69) is 10.3 Å². The van der Waals surface area contributed by atoms with Gasteiger partial charge in [0.25, 0.3) is 0 Å². The number of rotatable bonds is 4. The predicted molar refractivity (Wildman–Crippen MR) is 72.8 cm³/mol. The Labute approximate surface area is 114 Å². The number of aromatic nitrogens is 1. The SMILES string of the molecule is CCOC(=O)c1ncsc1Nc1ccc(Cl)cc1. The topological polar surface area (TPSA) is 51.2 Å². The number of carbonyl (C=O) groups is 1. The van der Waals surface area contributed by atoms with Gasteiger partial charge in [-0.2, -0.15) is 0 Å². The number of ether oxygens (including phenoxy) is 1. The van der Waals surface area contributed by atoms with Crippen molar-refractivity contribution < 1.29 is 9.53 Å². The number of benzene rings is 1. The lowest BCUT2D eigenvalue weighted by Gasteiger charge is -2.05. The number of anilines is 2. The third kappa shape index (κ3) is 3.00. The van der Waals surface area contributed by atoms with Crippen LogP contribution >= 0.6 is 22.9 Å². The van der Waals surface area contributed by atoms with E-state index in [1.807, 2.05) is 12.1 Å². The van der Waals surface area contributed by atoms with Crippen molar-refractivity contribution in [3.8, 4) is 0 Å². The quantitative estimate of drug-likeness (QED) is 0.869. The summed E-state index contributed by atoms with van der Waals surface area (Å²) in [4.78, 5) is 15.6. The standard InChI is InChI=1S/C12H11ClN2O2S/c1-2-17-12(16)10-11(18-7-14-10)15-9-5-3-8(13)4-6-9/h3-7,15H,2H2,1H3. The van der Waals surface area contributed by atoms with Gasteiger partial charge in [0.05, 0.1) is 12.1 Å². The minimum Gasteiger partial charge on any atom is -0.461 e. The van der Waals surface area contributed by atoms with Gasteiger partial charge in [-0.05, 0) is 31.2 Å². The summed E-state index contributed by atoms with van der Waals surface area (Å²) in [7, 11) is 0. The fourth-order valence-electron chi connectivity index (χ4n) is 1.34. The van der Waals surface area contributed by atoms with E-state index in [9.17, 15) is 4.79 Å². The summed E-state index contributed by atoms with van der Waals surface area (Å²) in [5, 5.41) is 4.44. The van der Waals surface area contributed by atoms with Crippen LogP contribution in [-0.2, 0) is 4.74 Å². The minimum atomic E-state index is -0.421. The average Bonchev–Trinajstić information content (AvgIpc) is 2.81. The van der Waals surface area contributed by atoms with Gasteiger partial charge in [0.2, 0.25) is 0 Å². The van der Waals surface area contributed by atoms with Gasteiger partial charge >= 0.3 is 5.97 Å². The van der Waals surface area contributed by atoms with Gasteiger partial charge in [-0.15, -0.1) is 11.3 Å². The summed E-state index contributed by atoms with van der Waals surface area (Å²) in [6.45, 7) is 2.09. The normalized spacial score (nSPS) is 10.1. The monoisotopic (exact) mass is 282 g/mol. The van der Waals surface area contributed by atoms with Crippen molar-refractivity contribution in [2.45, 2.75) is 6.92 Å². The van der Waals surface area contributed by atoms with Crippen molar-refractivity contribution in [1.82, 2.24) is 4.98 Å². The first-order valence-electron chi connectivity index (χ1n) is 5.34. The number of nitrogens with one attached hydrogen (secondary N) is 1. The number of halogens is 1. The number of hydrogen-bond acceptors (Lipinski definition) is 5. The van der Waals surface area contributed by atoms with Gasteiger partial charge in [0, 0.05) is 10.7 Å². The fraction of sp³-hybridized carbons (Fsp3) is 0.167. The summed E-state index contributed by atoms with van der Waals surface area (Å²) in [6.07, 6.45) is 0. The van der Waals surface area contributed by atoms with Gasteiger partial charge in [-0.3, -0.25) is 0 Å². The van der Waals surface area contributed by atoms with Crippen molar-refractivity contribution in [3.05, 3.63) is 40.5 Å². The van der Waals surface area contributed by atoms with Crippen LogP contribution in [0.2, 0.25) is 5.02 Å². The van der Waals surface area contributed by atoms with Gasteiger partial charge in [0.1, 0.15) is 5.00 Å². The van der Waals surface area contributed by atoms with Gasteiger partial charge in [-0.25, -0.2) is 9.78 Å². The van der Waals surface area contributed by atoms with Crippen molar-refractivity contribution in [2.75, 3.05) is 11.9 Å². The smallest absolute Gasteiger partial charge is 0.360 e. The maximum Gasteiger partial charge on any atom is 0.360 e. The first-order chi connectivity index (χ1) is 8.70. The van der Waals surface area contributed by atoms with E-state index in [1.54, 1.807) is 24.6 Å². The molecule has 0 amide bonds. The Morgan fingerprint density at radius 3 is 2.83 bits per heavy atom. The molecular weight excluding hydrogens is 272 g/mol. The van der Waals surface area contributed by atoms with E-state index < -0.39 is 5.97 Å². The lowest BCUT2D eigenvalue weighted by molar-refractivity contribution is 0.0521. The molecule has 1 heterocycles. The van der Waals surface area contributed by atoms with Crippen molar-refractivity contribution in [1.29, 1.82) is 0 Å². The van der Waals surface area contributed by atoms with E-state index in [0.717, 1.165) is 5.69 Å². The number of esters is 1. The highest BCUT2D eigenvalue weighted by Gasteiger charge is 2.15. The van der Waals surface area contributed by atoms with Crippen molar-refractivity contribution in [2.24, 2.45) is 0 Å². The van der Waals surface area contributed by atoms with Gasteiger partial charge < -0.3 is 10.1 Å². The molecular formula is C12H11ClN2O2S. The van der Waals surface area contributed by atoms with E-state index >= 15 is 0 Å². The molecule has 0 atom stereocenters. The molecule has 2 aromatic rings. The molecule has 2 rings (SSSR count). The van der Waals surface area contributed by atoms with Crippen LogP contribution in [0.25, 0.3) is 0 Å². The number of thiazole rings is 1. The molecule has 1 N–H and O–H groups in total. The van der Waals surface area contributed by atoms with Crippen LogP contribution < -0.4 is 5.32 Å². The second kappa shape index (κ2) is 5.84. The summed E-state index contributed by atoms with van der Waals surface area (Å²) in [5.74, 6) is -0.421. The molecule has 0 unspecified atom stereocenters. The molecule has 0 saturated heterocycles. The second-order valence-electron chi connectivity index (χ2n) is 3.38. The van der Waals surface area contributed by atoms with E-state index in [1.165, 1.54) is 11.3 Å². The Morgan fingerprint density at radius 2 is 2.17 bits per heavy atom. The van der Waals surface area contributed by atoms with Crippen LogP contribution in [0.3, 0.4) is 0 Å². The van der Waals surface area contributed by atoms with Gasteiger partial charge in [0.15, 0.2) is 5.69 Å². The molecule has 0 aliphatic carbocycles. The number of hydrogen-bond donors (Lipinski definition) is 1. The molecule has 0 saturated carbocycles. The Bertz CT molecular complexity index is 539. The molecule has 4 nitrogen and oxygen atoms in total. The highest BCUT2D eigenvalue weighted by Crippen LogP contribution is 2.26. The Hall–Kier alpha value is -1.59. The van der Waals surface area contributed by atoms with Crippen molar-refractivity contribution in [3.63, 3.8) is 0 Å². The first-order valence-corrected chi connectivity index (χ1v) is 6.59. The first kappa shape index (κ1) is 12.9. The second-order valence-corrected chi connectivity index (χ2v) is 4.67. The zero-order valence-corrected chi connectivity index (χ0v) is 11.2. The zero-order chi connectivity index (χ0) is 13.0. The minimum absolute atomic E-state index is 0.303. The van der Waals surface area contributed by atoms with Crippen molar-refractivity contribution >= 4 is 39.6 Å². The highest BCUT2D eigenvalue weighted by atomic mass is 35.5. The number of carbonyl (C=O) groups excluding carboxylic acids is 1. The molecule has 0 bridgehead atoms. The Kier molecular flexibility index (Phi) is 4.17. The highest BCUT2D eigenvalue weighted by molar-refractivity contribution is 7.14. The van der Waals surface area contributed by atoms with Crippen LogP contribution in [0, 0.1) is 0 Å². The maximum atomic E-state index is 11.6. The molecule has 0 aliphatic heterocycles. The van der Waals surface area contributed by atoms with Crippen LogP contribution in [0.4, 0.5) is 10.7 Å². The fourth-order valence-corrected chi connectivity index (χ4v) is 2.16. The Morgan fingerprint density at radius 1 is 1.44 bits per heavy atom. The summed E-state index contributed by atoms with van der Waals surface area (Å²) >= 11 is 7.15. The van der Waals surface area contributed by atoms with Crippen LogP contribution in [0.15, 0.2) is 29.8 Å². The van der Waals surface area contributed by atoms with E-state index in [-0.39, 0.29) is 0 Å². The predicted octanol–water partition coefficient (Wildman–Crippen LogP) is 3.72. The lowest BCUT2D eigenvalue weighted by Crippen LogP contribution is -2.07. The van der Waals surface area contributed by atoms with Crippen LogP contribution in [-0.4, -0.2) is 17.6 Å². The third-order valence-electron chi connectivity index (χ3n) is 2.14. The van der Waals surface area contributed by atoms with Gasteiger partial charge in [-0.1, -0.05) is 11.6 Å². The molecule has 0 radical (unpaired) electrons. The maximum absolute atomic E-state index is 11.6. The molecule has 1 aromatic heterocycles. The third-order valence-corrected chi connectivity index (χ3v) is 3.13. The van der Waals surface area contributed by atoms with E-state index in [0.29, 0.717) is 22.3 Å². The molecule has 0 aliphatic rings. The lowest BCUT2D eigenvalue weighted by atomic mass is 10.3. The zero-order valence-electron chi connectivity index (χ0n) is 9.64. The molecule has 18 heavy (non-hydrogen) atoms. The van der Waals surface area contributed by atoms with Crippen LogP contribution in [0.1, 0.15) is 17.4 Å². The largest absolute Gasteiger partial charge is 0.461 e. The summed E-state index contributed by atoms with van der Waals surface area (Å²) in [6, 6.07) is 7.21. The summed E-state index contributed by atoms with van der Waals surface area (Å²) < 4.78 is 4.93. The molecule has 94 valence electrons. The molecule has 6 heteroatoms. The average molecular weight is 283 g/mol. The van der Waals surface area contributed by atoms with Crippen LogP contribution in [0.5, 0.6) is 0 Å². The Balaban J connectivity index is 2.17. The number of nitrogens with zero attached hydrogens (tertiary/aromatic N) is 1.